The Labute approximate surface area is 118 Å². The number of hydrogen-bond acceptors (Lipinski definition) is 3. The average Bonchev–Trinajstić information content (AvgIpc) is 2.83. The third-order valence-electron chi connectivity index (χ3n) is 3.03. The minimum Gasteiger partial charge on any atom is -0.376 e. The molecule has 0 radical (unpaired) electrons. The van der Waals surface area contributed by atoms with Gasteiger partial charge >= 0.3 is 0 Å². The number of amides is 1. The van der Waals surface area contributed by atoms with E-state index in [1.54, 1.807) is 11.3 Å². The van der Waals surface area contributed by atoms with Gasteiger partial charge in [-0.25, -0.2) is 0 Å². The maximum Gasteiger partial charge on any atom is 0.239 e. The second-order valence-electron chi connectivity index (χ2n) is 4.78. The largest absolute Gasteiger partial charge is 0.376 e. The number of hydrogen-bond donors (Lipinski definition) is 2. The summed E-state index contributed by atoms with van der Waals surface area (Å²) in [5.74, 6) is 0.0476. The summed E-state index contributed by atoms with van der Waals surface area (Å²) in [6, 6.07) is 8.52. The number of rotatable bonds is 6. The first-order valence-corrected chi connectivity index (χ1v) is 7.57. The van der Waals surface area contributed by atoms with Gasteiger partial charge in [-0.15, -0.1) is 11.3 Å². The van der Waals surface area contributed by atoms with Crippen molar-refractivity contribution in [3.63, 3.8) is 0 Å². The van der Waals surface area contributed by atoms with E-state index in [1.165, 1.54) is 10.1 Å². The topological polar surface area (TPSA) is 41.1 Å². The van der Waals surface area contributed by atoms with Gasteiger partial charge in [-0.1, -0.05) is 13.3 Å². The number of carbonyl (C=O) groups excluding carboxylic acids is 1. The number of benzene rings is 1. The zero-order chi connectivity index (χ0) is 13.7. The lowest BCUT2D eigenvalue weighted by molar-refractivity contribution is -0.120. The Bertz CT molecular complexity index is 550. The molecule has 102 valence electrons. The summed E-state index contributed by atoms with van der Waals surface area (Å²) < 4.78 is 1.27. The Balaban J connectivity index is 1.85. The third kappa shape index (κ3) is 3.96. The number of nitrogens with one attached hydrogen (secondary N) is 2. The average molecular weight is 276 g/mol. The maximum atomic E-state index is 11.7. The molecule has 2 aromatic rings. The molecule has 3 nitrogen and oxygen atoms in total. The Morgan fingerprint density at radius 1 is 1.37 bits per heavy atom. The quantitative estimate of drug-likeness (QED) is 0.846. The fraction of sp³-hybridized carbons (Fsp3) is 0.400. The Kier molecular flexibility index (Phi) is 4.80. The molecule has 0 saturated heterocycles. The minimum atomic E-state index is 0.0476. The van der Waals surface area contributed by atoms with Crippen molar-refractivity contribution in [2.24, 2.45) is 0 Å². The van der Waals surface area contributed by atoms with Crippen molar-refractivity contribution in [1.82, 2.24) is 5.32 Å². The molecule has 2 rings (SSSR count). The van der Waals surface area contributed by atoms with Crippen LogP contribution in [-0.2, 0) is 4.79 Å². The molecule has 0 spiro atoms. The number of carbonyl (C=O) groups is 1. The fourth-order valence-electron chi connectivity index (χ4n) is 2.09. The van der Waals surface area contributed by atoms with Gasteiger partial charge in [0.2, 0.25) is 5.91 Å². The third-order valence-corrected chi connectivity index (χ3v) is 3.93. The molecular formula is C15H20N2OS. The van der Waals surface area contributed by atoms with Crippen LogP contribution in [0.15, 0.2) is 29.6 Å². The SMILES string of the molecule is CCCC(C)NC(=O)CNc1ccc2sccc2c1. The Morgan fingerprint density at radius 3 is 3.00 bits per heavy atom. The molecule has 0 aliphatic heterocycles. The van der Waals surface area contributed by atoms with E-state index in [4.69, 9.17) is 0 Å². The van der Waals surface area contributed by atoms with Crippen LogP contribution in [0.25, 0.3) is 10.1 Å². The van der Waals surface area contributed by atoms with E-state index >= 15 is 0 Å². The Morgan fingerprint density at radius 2 is 2.21 bits per heavy atom. The van der Waals surface area contributed by atoms with Crippen LogP contribution >= 0.6 is 11.3 Å². The van der Waals surface area contributed by atoms with Gasteiger partial charge in [-0.3, -0.25) is 4.79 Å². The highest BCUT2D eigenvalue weighted by molar-refractivity contribution is 7.17. The monoisotopic (exact) mass is 276 g/mol. The van der Waals surface area contributed by atoms with E-state index in [0.29, 0.717) is 6.54 Å². The molecule has 1 aromatic heterocycles. The Hall–Kier alpha value is -1.55. The van der Waals surface area contributed by atoms with Crippen LogP contribution in [0.3, 0.4) is 0 Å². The highest BCUT2D eigenvalue weighted by Gasteiger charge is 2.06. The van der Waals surface area contributed by atoms with E-state index in [9.17, 15) is 4.79 Å². The summed E-state index contributed by atoms with van der Waals surface area (Å²) in [4.78, 5) is 11.7. The fourth-order valence-corrected chi connectivity index (χ4v) is 2.86. The molecule has 0 saturated carbocycles. The molecule has 0 aliphatic rings. The van der Waals surface area contributed by atoms with Gasteiger partial charge in [0.05, 0.1) is 6.54 Å². The predicted molar refractivity (Wildman–Crippen MR) is 82.8 cm³/mol. The first-order chi connectivity index (χ1) is 9.19. The summed E-state index contributed by atoms with van der Waals surface area (Å²) in [6.45, 7) is 4.49. The van der Waals surface area contributed by atoms with Crippen molar-refractivity contribution >= 4 is 33.0 Å². The van der Waals surface area contributed by atoms with Crippen LogP contribution in [0, 0.1) is 0 Å². The lowest BCUT2D eigenvalue weighted by Gasteiger charge is -2.13. The summed E-state index contributed by atoms with van der Waals surface area (Å²) in [7, 11) is 0. The molecule has 0 aliphatic carbocycles. The summed E-state index contributed by atoms with van der Waals surface area (Å²) in [5.41, 5.74) is 0.990. The zero-order valence-corrected chi connectivity index (χ0v) is 12.2. The molecule has 0 bridgehead atoms. The van der Waals surface area contributed by atoms with E-state index in [2.05, 4.69) is 41.1 Å². The van der Waals surface area contributed by atoms with Crippen LogP contribution < -0.4 is 10.6 Å². The van der Waals surface area contributed by atoms with Crippen molar-refractivity contribution in [2.75, 3.05) is 11.9 Å². The highest BCUT2D eigenvalue weighted by Crippen LogP contribution is 2.23. The van der Waals surface area contributed by atoms with Gasteiger partial charge < -0.3 is 10.6 Å². The summed E-state index contributed by atoms with van der Waals surface area (Å²) in [5, 5.41) is 9.44. The minimum absolute atomic E-state index is 0.0476. The molecule has 1 heterocycles. The van der Waals surface area contributed by atoms with Crippen molar-refractivity contribution in [3.8, 4) is 0 Å². The molecular weight excluding hydrogens is 256 g/mol. The molecule has 1 aromatic carbocycles. The van der Waals surface area contributed by atoms with E-state index in [1.807, 2.05) is 13.0 Å². The number of anilines is 1. The van der Waals surface area contributed by atoms with Crippen LogP contribution in [0.5, 0.6) is 0 Å². The van der Waals surface area contributed by atoms with Crippen LogP contribution in [0.1, 0.15) is 26.7 Å². The second kappa shape index (κ2) is 6.57. The summed E-state index contributed by atoms with van der Waals surface area (Å²) in [6.07, 6.45) is 2.11. The van der Waals surface area contributed by atoms with Gasteiger partial charge in [0.1, 0.15) is 0 Å². The first-order valence-electron chi connectivity index (χ1n) is 6.69. The molecule has 0 fully saturated rings. The number of thiophene rings is 1. The van der Waals surface area contributed by atoms with Gasteiger partial charge in [-0.2, -0.15) is 0 Å². The standard InChI is InChI=1S/C15H20N2OS/c1-3-4-11(2)17-15(18)10-16-13-5-6-14-12(9-13)7-8-19-14/h5-9,11,16H,3-4,10H2,1-2H3,(H,17,18). The summed E-state index contributed by atoms with van der Waals surface area (Å²) >= 11 is 1.73. The van der Waals surface area contributed by atoms with Gasteiger partial charge in [0.25, 0.3) is 0 Å². The molecule has 4 heteroatoms. The van der Waals surface area contributed by atoms with Gasteiger partial charge in [-0.05, 0) is 48.4 Å². The van der Waals surface area contributed by atoms with E-state index < -0.39 is 0 Å². The number of fused-ring (bicyclic) bond motifs is 1. The highest BCUT2D eigenvalue weighted by atomic mass is 32.1. The van der Waals surface area contributed by atoms with Crippen LogP contribution in [0.4, 0.5) is 5.69 Å². The predicted octanol–water partition coefficient (Wildman–Crippen LogP) is 3.62. The smallest absolute Gasteiger partial charge is 0.239 e. The van der Waals surface area contributed by atoms with Gasteiger partial charge in [0.15, 0.2) is 0 Å². The second-order valence-corrected chi connectivity index (χ2v) is 5.73. The first kappa shape index (κ1) is 13.9. The lowest BCUT2D eigenvalue weighted by atomic mass is 10.2. The van der Waals surface area contributed by atoms with E-state index in [-0.39, 0.29) is 11.9 Å². The van der Waals surface area contributed by atoms with Crippen molar-refractivity contribution in [3.05, 3.63) is 29.6 Å². The molecule has 19 heavy (non-hydrogen) atoms. The van der Waals surface area contributed by atoms with Crippen LogP contribution in [-0.4, -0.2) is 18.5 Å². The van der Waals surface area contributed by atoms with Crippen molar-refractivity contribution in [2.45, 2.75) is 32.7 Å². The molecule has 2 N–H and O–H groups in total. The van der Waals surface area contributed by atoms with Crippen molar-refractivity contribution in [1.29, 1.82) is 0 Å². The molecule has 1 atom stereocenters. The molecule has 1 amide bonds. The van der Waals surface area contributed by atoms with Gasteiger partial charge in [0, 0.05) is 16.4 Å². The van der Waals surface area contributed by atoms with Crippen molar-refractivity contribution < 1.29 is 4.79 Å². The molecule has 1 unspecified atom stereocenters. The normalized spacial score (nSPS) is 12.3. The van der Waals surface area contributed by atoms with Crippen LogP contribution in [0.2, 0.25) is 0 Å². The van der Waals surface area contributed by atoms with E-state index in [0.717, 1.165) is 18.5 Å². The zero-order valence-electron chi connectivity index (χ0n) is 11.4. The maximum absolute atomic E-state index is 11.7. The lowest BCUT2D eigenvalue weighted by Crippen LogP contribution is -2.36.